The van der Waals surface area contributed by atoms with Gasteiger partial charge in [-0.3, -0.25) is 0 Å². The molecule has 0 bridgehead atoms. The smallest absolute Gasteiger partial charge is 0.142 e. The van der Waals surface area contributed by atoms with Gasteiger partial charge in [0.15, 0.2) is 0 Å². The molecular formula is C17H15NO3S. The number of benzene rings is 2. The fourth-order valence-electron chi connectivity index (χ4n) is 2.26. The van der Waals surface area contributed by atoms with Crippen LogP contribution in [0.1, 0.15) is 5.76 Å². The van der Waals surface area contributed by atoms with Gasteiger partial charge in [-0.05, 0) is 24.6 Å². The summed E-state index contributed by atoms with van der Waals surface area (Å²) < 4.78 is 10.2. The highest BCUT2D eigenvalue weighted by atomic mass is 32.2. The van der Waals surface area contributed by atoms with E-state index >= 15 is 0 Å². The van der Waals surface area contributed by atoms with Crippen molar-refractivity contribution in [3.05, 3.63) is 60.4 Å². The summed E-state index contributed by atoms with van der Waals surface area (Å²) in [6.45, 7) is 1.93. The Morgan fingerprint density at radius 3 is 2.36 bits per heavy atom. The van der Waals surface area contributed by atoms with Crippen LogP contribution in [0.15, 0.2) is 64.0 Å². The van der Waals surface area contributed by atoms with Crippen molar-refractivity contribution in [1.82, 2.24) is 5.16 Å². The molecule has 0 saturated heterocycles. The summed E-state index contributed by atoms with van der Waals surface area (Å²) in [4.78, 5) is 5.53. The third kappa shape index (κ3) is 3.06. The predicted octanol–water partition coefficient (Wildman–Crippen LogP) is 4.90. The maximum atomic E-state index is 5.40. The van der Waals surface area contributed by atoms with Crippen LogP contribution in [-0.2, 0) is 9.22 Å². The van der Waals surface area contributed by atoms with E-state index in [0.717, 1.165) is 45.1 Å². The Kier molecular flexibility index (Phi) is 4.58. The number of nitrogens with zero attached hydrogens (tertiary/aromatic N) is 1. The van der Waals surface area contributed by atoms with E-state index in [-0.39, 0.29) is 0 Å². The molecule has 0 aliphatic carbocycles. The number of hydrogen-bond donors (Lipinski definition) is 0. The van der Waals surface area contributed by atoms with Gasteiger partial charge in [-0.15, -0.1) is 0 Å². The summed E-state index contributed by atoms with van der Waals surface area (Å²) in [5, 5.41) is 4.22. The summed E-state index contributed by atoms with van der Waals surface area (Å²) in [5.74, 6) is 0.808. The monoisotopic (exact) mass is 313 g/mol. The minimum absolute atomic E-state index is 0.808. The van der Waals surface area contributed by atoms with E-state index in [0.29, 0.717) is 0 Å². The lowest BCUT2D eigenvalue weighted by atomic mass is 10.00. The lowest BCUT2D eigenvalue weighted by Gasteiger charge is -2.04. The van der Waals surface area contributed by atoms with Gasteiger partial charge in [0.2, 0.25) is 0 Å². The maximum absolute atomic E-state index is 5.40. The van der Waals surface area contributed by atoms with Gasteiger partial charge in [0.1, 0.15) is 11.5 Å². The summed E-state index contributed by atoms with van der Waals surface area (Å²) in [6, 6.07) is 18.0. The van der Waals surface area contributed by atoms with Crippen LogP contribution in [0, 0.1) is 6.92 Å². The van der Waals surface area contributed by atoms with Crippen molar-refractivity contribution in [1.29, 1.82) is 0 Å². The van der Waals surface area contributed by atoms with E-state index in [4.69, 9.17) is 8.86 Å². The normalized spacial score (nSPS) is 10.8. The molecule has 4 nitrogen and oxygen atoms in total. The molecule has 0 atom stereocenters. The molecule has 0 spiro atoms. The first-order valence-corrected chi connectivity index (χ1v) is 7.53. The van der Waals surface area contributed by atoms with Crippen molar-refractivity contribution >= 4 is 12.0 Å². The molecule has 3 rings (SSSR count). The van der Waals surface area contributed by atoms with E-state index in [1.165, 1.54) is 7.11 Å². The lowest BCUT2D eigenvalue weighted by Crippen LogP contribution is -1.84. The molecule has 0 aliphatic rings. The van der Waals surface area contributed by atoms with Crippen molar-refractivity contribution in [3.63, 3.8) is 0 Å². The minimum Gasteiger partial charge on any atom is -0.360 e. The highest BCUT2D eigenvalue weighted by Gasteiger charge is 2.16. The maximum Gasteiger partial charge on any atom is 0.142 e. The molecule has 0 fully saturated rings. The quantitative estimate of drug-likeness (QED) is 0.381. The van der Waals surface area contributed by atoms with Crippen LogP contribution in [0.5, 0.6) is 0 Å². The van der Waals surface area contributed by atoms with Crippen molar-refractivity contribution in [2.75, 3.05) is 7.11 Å². The first-order valence-electron chi connectivity index (χ1n) is 6.79. The zero-order chi connectivity index (χ0) is 15.4. The molecule has 112 valence electrons. The zero-order valence-electron chi connectivity index (χ0n) is 12.3. The van der Waals surface area contributed by atoms with Crippen molar-refractivity contribution in [2.45, 2.75) is 11.8 Å². The summed E-state index contributed by atoms with van der Waals surface area (Å²) in [6.07, 6.45) is 0. The Balaban J connectivity index is 1.96. The standard InChI is InChI=1S/C17H15NO3S/c1-12-16(13-6-4-3-5-7-13)17(18-20-12)14-8-10-15(11-9-14)22-21-19-2/h3-11H,1-2H3. The third-order valence-corrected chi connectivity index (χ3v) is 3.92. The van der Waals surface area contributed by atoms with Gasteiger partial charge in [-0.2, -0.15) is 4.33 Å². The number of aromatic nitrogens is 1. The number of hydrogen-bond acceptors (Lipinski definition) is 5. The average molecular weight is 313 g/mol. The largest absolute Gasteiger partial charge is 0.360 e. The van der Waals surface area contributed by atoms with Crippen LogP contribution in [-0.4, -0.2) is 12.3 Å². The molecule has 1 heterocycles. The Labute approximate surface area is 133 Å². The summed E-state index contributed by atoms with van der Waals surface area (Å²) >= 11 is 1.16. The molecule has 1 aromatic heterocycles. The molecule has 0 aliphatic heterocycles. The molecule has 0 unspecified atom stereocenters. The SMILES string of the molecule is COOSc1ccc(-c2noc(C)c2-c2ccccc2)cc1. The van der Waals surface area contributed by atoms with Gasteiger partial charge in [-0.1, -0.05) is 47.6 Å². The summed E-state index contributed by atoms with van der Waals surface area (Å²) in [5.41, 5.74) is 3.96. The van der Waals surface area contributed by atoms with E-state index < -0.39 is 0 Å². The predicted molar refractivity (Wildman–Crippen MR) is 86.1 cm³/mol. The van der Waals surface area contributed by atoms with E-state index in [1.807, 2.05) is 49.4 Å². The average Bonchev–Trinajstić information content (AvgIpc) is 2.96. The van der Waals surface area contributed by atoms with Crippen molar-refractivity contribution in [3.8, 4) is 22.4 Å². The van der Waals surface area contributed by atoms with E-state index in [2.05, 4.69) is 22.2 Å². The molecule has 0 amide bonds. The molecule has 3 aromatic rings. The molecule has 0 N–H and O–H groups in total. The first-order chi connectivity index (χ1) is 10.8. The molecular weight excluding hydrogens is 298 g/mol. The Morgan fingerprint density at radius 1 is 0.955 bits per heavy atom. The Morgan fingerprint density at radius 2 is 1.68 bits per heavy atom. The molecule has 0 radical (unpaired) electrons. The van der Waals surface area contributed by atoms with Gasteiger partial charge in [0, 0.05) is 10.5 Å². The molecule has 0 saturated carbocycles. The van der Waals surface area contributed by atoms with E-state index in [1.54, 1.807) is 0 Å². The van der Waals surface area contributed by atoms with Crippen LogP contribution in [0.25, 0.3) is 22.4 Å². The number of aryl methyl sites for hydroxylation is 1. The lowest BCUT2D eigenvalue weighted by molar-refractivity contribution is -0.160. The van der Waals surface area contributed by atoms with Gasteiger partial charge >= 0.3 is 0 Å². The molecule has 5 heteroatoms. The van der Waals surface area contributed by atoms with Crippen LogP contribution in [0.3, 0.4) is 0 Å². The van der Waals surface area contributed by atoms with Gasteiger partial charge in [0.05, 0.1) is 24.7 Å². The van der Waals surface area contributed by atoms with Crippen LogP contribution in [0.2, 0.25) is 0 Å². The van der Waals surface area contributed by atoms with E-state index in [9.17, 15) is 0 Å². The Hall–Kier alpha value is -2.08. The van der Waals surface area contributed by atoms with Gasteiger partial charge < -0.3 is 4.52 Å². The van der Waals surface area contributed by atoms with Crippen LogP contribution >= 0.6 is 12.0 Å². The second kappa shape index (κ2) is 6.79. The van der Waals surface area contributed by atoms with Crippen LogP contribution in [0.4, 0.5) is 0 Å². The third-order valence-electron chi connectivity index (χ3n) is 3.25. The van der Waals surface area contributed by atoms with Gasteiger partial charge in [-0.25, -0.2) is 4.89 Å². The van der Waals surface area contributed by atoms with Crippen molar-refractivity contribution < 1.29 is 13.7 Å². The van der Waals surface area contributed by atoms with Gasteiger partial charge in [0.25, 0.3) is 0 Å². The topological polar surface area (TPSA) is 44.5 Å². The Bertz CT molecular complexity index is 738. The zero-order valence-corrected chi connectivity index (χ0v) is 13.1. The number of rotatable bonds is 5. The highest BCUT2D eigenvalue weighted by Crippen LogP contribution is 2.34. The second-order valence-corrected chi connectivity index (χ2v) is 5.44. The fraction of sp³-hybridized carbons (Fsp3) is 0.118. The first kappa shape index (κ1) is 14.8. The molecule has 22 heavy (non-hydrogen) atoms. The minimum atomic E-state index is 0.808. The molecule has 2 aromatic carbocycles. The summed E-state index contributed by atoms with van der Waals surface area (Å²) in [7, 11) is 1.48. The van der Waals surface area contributed by atoms with Crippen molar-refractivity contribution in [2.24, 2.45) is 0 Å². The van der Waals surface area contributed by atoms with Crippen LogP contribution < -0.4 is 0 Å². The fourth-order valence-corrected chi connectivity index (χ4v) is 2.65. The second-order valence-electron chi connectivity index (χ2n) is 4.67. The highest BCUT2D eigenvalue weighted by molar-refractivity contribution is 7.94.